The van der Waals surface area contributed by atoms with Crippen LogP contribution >= 0.6 is 0 Å². The van der Waals surface area contributed by atoms with Gasteiger partial charge in [-0.3, -0.25) is 0 Å². The average Bonchev–Trinajstić information content (AvgIpc) is 3.00. The van der Waals surface area contributed by atoms with Crippen molar-refractivity contribution in [3.63, 3.8) is 0 Å². The highest BCUT2D eigenvalue weighted by Crippen LogP contribution is 2.48. The van der Waals surface area contributed by atoms with Crippen LogP contribution in [0.4, 0.5) is 0 Å². The van der Waals surface area contributed by atoms with Crippen molar-refractivity contribution in [2.45, 2.75) is 44.6 Å². The largest absolute Gasteiger partial charge is 0.377 e. The fourth-order valence-corrected chi connectivity index (χ4v) is 4.42. The van der Waals surface area contributed by atoms with E-state index in [9.17, 15) is 0 Å². The highest BCUT2D eigenvalue weighted by atomic mass is 16.5. The smallest absolute Gasteiger partial charge is 0.0600 e. The Labute approximate surface area is 111 Å². The standard InChI is InChI=1S/C15H28N2O/c16-5-8-18-15-3-6-17(7-4-15)11-14-10-12-1-2-13(14)9-12/h12-15H,1-11,16H2. The summed E-state index contributed by atoms with van der Waals surface area (Å²) < 4.78 is 5.75. The van der Waals surface area contributed by atoms with Crippen LogP contribution in [0.25, 0.3) is 0 Å². The van der Waals surface area contributed by atoms with E-state index in [2.05, 4.69) is 4.90 Å². The Bertz CT molecular complexity index is 263. The van der Waals surface area contributed by atoms with Crippen molar-refractivity contribution in [1.29, 1.82) is 0 Å². The SMILES string of the molecule is NCCOC1CCN(CC2CC3CCC2C3)CC1. The zero-order valence-electron chi connectivity index (χ0n) is 11.5. The normalized spacial score (nSPS) is 37.5. The minimum Gasteiger partial charge on any atom is -0.377 e. The second kappa shape index (κ2) is 5.89. The van der Waals surface area contributed by atoms with Crippen LogP contribution < -0.4 is 5.73 Å². The van der Waals surface area contributed by atoms with E-state index in [1.165, 1.54) is 51.7 Å². The zero-order valence-corrected chi connectivity index (χ0v) is 11.5. The summed E-state index contributed by atoms with van der Waals surface area (Å²) in [7, 11) is 0. The van der Waals surface area contributed by atoms with Gasteiger partial charge in [-0.25, -0.2) is 0 Å². The Kier molecular flexibility index (Phi) is 4.22. The second-order valence-electron chi connectivity index (χ2n) is 6.59. The number of ether oxygens (including phenoxy) is 1. The third-order valence-corrected chi connectivity index (χ3v) is 5.38. The third-order valence-electron chi connectivity index (χ3n) is 5.38. The van der Waals surface area contributed by atoms with Gasteiger partial charge < -0.3 is 15.4 Å². The minimum atomic E-state index is 0.477. The van der Waals surface area contributed by atoms with Gasteiger partial charge in [0.25, 0.3) is 0 Å². The van der Waals surface area contributed by atoms with E-state index in [4.69, 9.17) is 10.5 Å². The van der Waals surface area contributed by atoms with Crippen molar-refractivity contribution in [2.24, 2.45) is 23.5 Å². The summed E-state index contributed by atoms with van der Waals surface area (Å²) in [6, 6.07) is 0. The minimum absolute atomic E-state index is 0.477. The van der Waals surface area contributed by atoms with Gasteiger partial charge in [-0.2, -0.15) is 0 Å². The summed E-state index contributed by atoms with van der Waals surface area (Å²) in [5.74, 6) is 3.18. The highest BCUT2D eigenvalue weighted by molar-refractivity contribution is 4.91. The summed E-state index contributed by atoms with van der Waals surface area (Å²) in [6.07, 6.45) is 9.00. The molecule has 3 fully saturated rings. The first-order chi connectivity index (χ1) is 8.85. The van der Waals surface area contributed by atoms with Crippen LogP contribution in [0.15, 0.2) is 0 Å². The van der Waals surface area contributed by atoms with E-state index in [1.807, 2.05) is 0 Å². The molecular formula is C15H28N2O. The van der Waals surface area contributed by atoms with E-state index in [-0.39, 0.29) is 0 Å². The maximum Gasteiger partial charge on any atom is 0.0600 e. The molecule has 1 aliphatic heterocycles. The molecule has 2 N–H and O–H groups in total. The number of likely N-dealkylation sites (tertiary alicyclic amines) is 1. The van der Waals surface area contributed by atoms with Crippen LogP contribution in [0.5, 0.6) is 0 Å². The van der Waals surface area contributed by atoms with Gasteiger partial charge >= 0.3 is 0 Å². The van der Waals surface area contributed by atoms with E-state index >= 15 is 0 Å². The number of hydrogen-bond acceptors (Lipinski definition) is 3. The summed E-state index contributed by atoms with van der Waals surface area (Å²) >= 11 is 0. The van der Waals surface area contributed by atoms with Crippen LogP contribution in [-0.2, 0) is 4.74 Å². The van der Waals surface area contributed by atoms with Gasteiger partial charge in [0, 0.05) is 26.2 Å². The molecule has 2 saturated carbocycles. The Morgan fingerprint density at radius 1 is 1.06 bits per heavy atom. The molecule has 1 saturated heterocycles. The molecule has 104 valence electrons. The lowest BCUT2D eigenvalue weighted by Crippen LogP contribution is -2.40. The summed E-state index contributed by atoms with van der Waals surface area (Å²) in [5, 5.41) is 0. The van der Waals surface area contributed by atoms with Crippen molar-refractivity contribution in [3.8, 4) is 0 Å². The molecule has 0 spiro atoms. The molecule has 0 aromatic rings. The molecule has 3 nitrogen and oxygen atoms in total. The molecule has 0 radical (unpaired) electrons. The van der Waals surface area contributed by atoms with Crippen LogP contribution in [-0.4, -0.2) is 43.8 Å². The van der Waals surface area contributed by atoms with Gasteiger partial charge in [0.05, 0.1) is 12.7 Å². The number of nitrogens with two attached hydrogens (primary N) is 1. The molecule has 3 aliphatic rings. The van der Waals surface area contributed by atoms with Crippen molar-refractivity contribution >= 4 is 0 Å². The van der Waals surface area contributed by atoms with E-state index in [1.54, 1.807) is 6.42 Å². The number of piperidine rings is 1. The first-order valence-corrected chi connectivity index (χ1v) is 7.89. The summed E-state index contributed by atoms with van der Waals surface area (Å²) in [6.45, 7) is 5.24. The van der Waals surface area contributed by atoms with Crippen molar-refractivity contribution in [3.05, 3.63) is 0 Å². The molecule has 2 aliphatic carbocycles. The molecule has 18 heavy (non-hydrogen) atoms. The van der Waals surface area contributed by atoms with Gasteiger partial charge in [0.2, 0.25) is 0 Å². The van der Waals surface area contributed by atoms with Gasteiger partial charge in [-0.05, 0) is 49.9 Å². The fraction of sp³-hybridized carbons (Fsp3) is 1.00. The first kappa shape index (κ1) is 12.9. The Hall–Kier alpha value is -0.120. The first-order valence-electron chi connectivity index (χ1n) is 7.89. The molecule has 3 rings (SSSR count). The van der Waals surface area contributed by atoms with Gasteiger partial charge in [-0.15, -0.1) is 0 Å². The van der Waals surface area contributed by atoms with E-state index in [0.717, 1.165) is 24.4 Å². The molecule has 3 unspecified atom stereocenters. The fourth-order valence-electron chi connectivity index (χ4n) is 4.42. The summed E-state index contributed by atoms with van der Waals surface area (Å²) in [4.78, 5) is 2.69. The molecule has 1 heterocycles. The maximum absolute atomic E-state index is 5.75. The number of hydrogen-bond donors (Lipinski definition) is 1. The Morgan fingerprint density at radius 2 is 1.89 bits per heavy atom. The molecule has 3 heteroatoms. The lowest BCUT2D eigenvalue weighted by Gasteiger charge is -2.35. The lowest BCUT2D eigenvalue weighted by molar-refractivity contribution is 0.00653. The zero-order chi connectivity index (χ0) is 12.4. The average molecular weight is 252 g/mol. The Balaban J connectivity index is 1.38. The molecule has 0 aromatic heterocycles. The summed E-state index contributed by atoms with van der Waals surface area (Å²) in [5.41, 5.74) is 5.48. The molecule has 0 amide bonds. The van der Waals surface area contributed by atoms with E-state index < -0.39 is 0 Å². The Morgan fingerprint density at radius 3 is 2.50 bits per heavy atom. The second-order valence-corrected chi connectivity index (χ2v) is 6.59. The quantitative estimate of drug-likeness (QED) is 0.812. The predicted molar refractivity (Wildman–Crippen MR) is 73.4 cm³/mol. The van der Waals surface area contributed by atoms with Crippen molar-refractivity contribution in [1.82, 2.24) is 4.90 Å². The van der Waals surface area contributed by atoms with Crippen LogP contribution in [0.3, 0.4) is 0 Å². The number of fused-ring (bicyclic) bond motifs is 2. The number of nitrogens with zero attached hydrogens (tertiary/aromatic N) is 1. The van der Waals surface area contributed by atoms with E-state index in [0.29, 0.717) is 12.6 Å². The van der Waals surface area contributed by atoms with Crippen LogP contribution in [0.1, 0.15) is 38.5 Å². The van der Waals surface area contributed by atoms with Crippen LogP contribution in [0, 0.1) is 17.8 Å². The molecule has 0 aromatic carbocycles. The van der Waals surface area contributed by atoms with Gasteiger partial charge in [0.15, 0.2) is 0 Å². The number of rotatable bonds is 5. The predicted octanol–water partition coefficient (Wildman–Crippen LogP) is 1.86. The van der Waals surface area contributed by atoms with Crippen molar-refractivity contribution in [2.75, 3.05) is 32.8 Å². The third kappa shape index (κ3) is 2.89. The topological polar surface area (TPSA) is 38.5 Å². The van der Waals surface area contributed by atoms with Gasteiger partial charge in [0.1, 0.15) is 0 Å². The molecular weight excluding hydrogens is 224 g/mol. The van der Waals surface area contributed by atoms with Crippen LogP contribution in [0.2, 0.25) is 0 Å². The maximum atomic E-state index is 5.75. The van der Waals surface area contributed by atoms with Gasteiger partial charge in [-0.1, -0.05) is 6.42 Å². The monoisotopic (exact) mass is 252 g/mol. The molecule has 3 atom stereocenters. The van der Waals surface area contributed by atoms with Crippen molar-refractivity contribution < 1.29 is 4.74 Å². The highest BCUT2D eigenvalue weighted by Gasteiger charge is 2.40. The molecule has 2 bridgehead atoms. The lowest BCUT2D eigenvalue weighted by atomic mass is 9.88.